The summed E-state index contributed by atoms with van der Waals surface area (Å²) in [5, 5.41) is 11.8. The lowest BCUT2D eigenvalue weighted by Crippen LogP contribution is -2.30. The highest BCUT2D eigenvalue weighted by molar-refractivity contribution is 4.68. The Morgan fingerprint density at radius 2 is 2.33 bits per heavy atom. The summed E-state index contributed by atoms with van der Waals surface area (Å²) in [6, 6.07) is 0. The number of rotatable bonds is 5. The van der Waals surface area contributed by atoms with Gasteiger partial charge in [-0.2, -0.15) is 0 Å². The van der Waals surface area contributed by atoms with Crippen molar-refractivity contribution in [1.82, 2.24) is 5.32 Å². The monoisotopic (exact) mass is 173 g/mol. The molecule has 0 amide bonds. The first-order valence-corrected chi connectivity index (χ1v) is 4.83. The number of aliphatic hydroxyl groups is 1. The average molecular weight is 173 g/mol. The summed E-state index contributed by atoms with van der Waals surface area (Å²) >= 11 is 0. The molecule has 1 aliphatic heterocycles. The molecule has 1 heterocycles. The fourth-order valence-electron chi connectivity index (χ4n) is 1.59. The summed E-state index contributed by atoms with van der Waals surface area (Å²) in [6.45, 7) is 3.74. The Bertz CT molecular complexity index is 103. The van der Waals surface area contributed by atoms with Crippen LogP contribution in [0.2, 0.25) is 0 Å². The maximum absolute atomic E-state index is 8.47. The quantitative estimate of drug-likeness (QED) is 0.591. The number of aliphatic hydroxyl groups excluding tert-OH is 1. The normalized spacial score (nSPS) is 24.2. The summed E-state index contributed by atoms with van der Waals surface area (Å²) < 4.78 is 5.21. The molecule has 1 aliphatic rings. The SMILES string of the molecule is OCCOCCC1CCCNC1. The molecule has 12 heavy (non-hydrogen) atoms. The Kier molecular flexibility index (Phi) is 5.32. The van der Waals surface area contributed by atoms with Gasteiger partial charge < -0.3 is 15.2 Å². The van der Waals surface area contributed by atoms with Gasteiger partial charge in [0.05, 0.1) is 13.2 Å². The van der Waals surface area contributed by atoms with Crippen LogP contribution in [0.4, 0.5) is 0 Å². The van der Waals surface area contributed by atoms with Crippen molar-refractivity contribution in [3.63, 3.8) is 0 Å². The van der Waals surface area contributed by atoms with Gasteiger partial charge in [-0.05, 0) is 38.3 Å². The zero-order valence-electron chi connectivity index (χ0n) is 7.59. The molecule has 1 rings (SSSR count). The van der Waals surface area contributed by atoms with E-state index in [1.807, 2.05) is 0 Å². The smallest absolute Gasteiger partial charge is 0.0697 e. The van der Waals surface area contributed by atoms with Crippen molar-refractivity contribution in [2.24, 2.45) is 5.92 Å². The molecule has 0 aliphatic carbocycles. The lowest BCUT2D eigenvalue weighted by atomic mass is 9.97. The minimum Gasteiger partial charge on any atom is -0.394 e. The lowest BCUT2D eigenvalue weighted by Gasteiger charge is -2.22. The van der Waals surface area contributed by atoms with Gasteiger partial charge in [-0.3, -0.25) is 0 Å². The zero-order chi connectivity index (χ0) is 8.65. The fraction of sp³-hybridized carbons (Fsp3) is 1.00. The van der Waals surface area contributed by atoms with Crippen molar-refractivity contribution < 1.29 is 9.84 Å². The zero-order valence-corrected chi connectivity index (χ0v) is 7.59. The minimum atomic E-state index is 0.142. The Labute approximate surface area is 74.1 Å². The molecule has 1 unspecified atom stereocenters. The van der Waals surface area contributed by atoms with Gasteiger partial charge in [0.25, 0.3) is 0 Å². The van der Waals surface area contributed by atoms with Crippen LogP contribution in [-0.4, -0.2) is 38.0 Å². The summed E-state index contributed by atoms with van der Waals surface area (Å²) in [6.07, 6.45) is 3.76. The molecule has 0 bridgehead atoms. The highest BCUT2D eigenvalue weighted by atomic mass is 16.5. The van der Waals surface area contributed by atoms with Crippen LogP contribution in [-0.2, 0) is 4.74 Å². The molecule has 0 radical (unpaired) electrons. The topological polar surface area (TPSA) is 41.5 Å². The first-order chi connectivity index (χ1) is 5.93. The third kappa shape index (κ3) is 4.04. The maximum atomic E-state index is 8.47. The third-order valence-corrected chi connectivity index (χ3v) is 2.31. The summed E-state index contributed by atoms with van der Waals surface area (Å²) in [7, 11) is 0. The highest BCUT2D eigenvalue weighted by Crippen LogP contribution is 2.13. The molecule has 0 saturated carbocycles. The number of nitrogens with one attached hydrogen (secondary N) is 1. The maximum Gasteiger partial charge on any atom is 0.0697 e. The molecule has 1 fully saturated rings. The fourth-order valence-corrected chi connectivity index (χ4v) is 1.59. The molecule has 0 aromatic carbocycles. The van der Waals surface area contributed by atoms with E-state index < -0.39 is 0 Å². The number of piperidine rings is 1. The van der Waals surface area contributed by atoms with E-state index in [-0.39, 0.29) is 6.61 Å². The van der Waals surface area contributed by atoms with Crippen molar-refractivity contribution in [2.45, 2.75) is 19.3 Å². The second kappa shape index (κ2) is 6.40. The van der Waals surface area contributed by atoms with E-state index >= 15 is 0 Å². The molecule has 0 spiro atoms. The number of hydrogen-bond acceptors (Lipinski definition) is 3. The van der Waals surface area contributed by atoms with Crippen molar-refractivity contribution in [2.75, 3.05) is 32.9 Å². The van der Waals surface area contributed by atoms with E-state index in [1.54, 1.807) is 0 Å². The Hall–Kier alpha value is -0.120. The predicted molar refractivity (Wildman–Crippen MR) is 48.1 cm³/mol. The molecule has 3 heteroatoms. The Morgan fingerprint density at radius 3 is 3.00 bits per heavy atom. The first-order valence-electron chi connectivity index (χ1n) is 4.83. The minimum absolute atomic E-state index is 0.142. The average Bonchev–Trinajstić information content (AvgIpc) is 2.14. The summed E-state index contributed by atoms with van der Waals surface area (Å²) in [4.78, 5) is 0. The molecular formula is C9H19NO2. The number of hydrogen-bond donors (Lipinski definition) is 2. The van der Waals surface area contributed by atoms with Crippen LogP contribution in [0.1, 0.15) is 19.3 Å². The summed E-state index contributed by atoms with van der Waals surface area (Å²) in [5.74, 6) is 0.789. The van der Waals surface area contributed by atoms with E-state index in [9.17, 15) is 0 Å². The van der Waals surface area contributed by atoms with E-state index in [0.29, 0.717) is 6.61 Å². The predicted octanol–water partition coefficient (Wildman–Crippen LogP) is 0.385. The van der Waals surface area contributed by atoms with Crippen LogP contribution in [0.25, 0.3) is 0 Å². The van der Waals surface area contributed by atoms with Crippen molar-refractivity contribution >= 4 is 0 Å². The van der Waals surface area contributed by atoms with E-state index in [0.717, 1.165) is 25.5 Å². The molecule has 1 atom stereocenters. The van der Waals surface area contributed by atoms with E-state index in [1.165, 1.54) is 19.4 Å². The lowest BCUT2D eigenvalue weighted by molar-refractivity contribution is 0.0807. The third-order valence-electron chi connectivity index (χ3n) is 2.31. The van der Waals surface area contributed by atoms with Gasteiger partial charge in [0.2, 0.25) is 0 Å². The molecular weight excluding hydrogens is 154 g/mol. The van der Waals surface area contributed by atoms with Crippen LogP contribution in [0.5, 0.6) is 0 Å². The van der Waals surface area contributed by atoms with Gasteiger partial charge in [0.1, 0.15) is 0 Å². The van der Waals surface area contributed by atoms with Crippen LogP contribution >= 0.6 is 0 Å². The molecule has 2 N–H and O–H groups in total. The molecule has 1 saturated heterocycles. The van der Waals surface area contributed by atoms with E-state index in [2.05, 4.69) is 5.32 Å². The van der Waals surface area contributed by atoms with Gasteiger partial charge in [-0.1, -0.05) is 0 Å². The highest BCUT2D eigenvalue weighted by Gasteiger charge is 2.11. The van der Waals surface area contributed by atoms with Gasteiger partial charge in [0.15, 0.2) is 0 Å². The van der Waals surface area contributed by atoms with Crippen LogP contribution in [0.15, 0.2) is 0 Å². The van der Waals surface area contributed by atoms with Crippen molar-refractivity contribution in [3.8, 4) is 0 Å². The number of ether oxygens (including phenoxy) is 1. The van der Waals surface area contributed by atoms with E-state index in [4.69, 9.17) is 9.84 Å². The second-order valence-corrected chi connectivity index (χ2v) is 3.34. The van der Waals surface area contributed by atoms with Crippen LogP contribution < -0.4 is 5.32 Å². The van der Waals surface area contributed by atoms with Gasteiger partial charge in [0, 0.05) is 6.61 Å². The Balaban J connectivity index is 1.91. The first kappa shape index (κ1) is 9.96. The standard InChI is InChI=1S/C9H19NO2/c11-5-7-12-6-3-9-2-1-4-10-8-9/h9-11H,1-8H2. The van der Waals surface area contributed by atoms with Crippen LogP contribution in [0.3, 0.4) is 0 Å². The molecule has 72 valence electrons. The van der Waals surface area contributed by atoms with Gasteiger partial charge in [-0.15, -0.1) is 0 Å². The Morgan fingerprint density at radius 1 is 1.42 bits per heavy atom. The molecule has 0 aromatic heterocycles. The van der Waals surface area contributed by atoms with Gasteiger partial charge >= 0.3 is 0 Å². The molecule has 0 aromatic rings. The molecule has 3 nitrogen and oxygen atoms in total. The van der Waals surface area contributed by atoms with Crippen LogP contribution in [0, 0.1) is 5.92 Å². The van der Waals surface area contributed by atoms with Gasteiger partial charge in [-0.25, -0.2) is 0 Å². The summed E-state index contributed by atoms with van der Waals surface area (Å²) in [5.41, 5.74) is 0. The van der Waals surface area contributed by atoms with Crippen molar-refractivity contribution in [3.05, 3.63) is 0 Å². The second-order valence-electron chi connectivity index (χ2n) is 3.34. The largest absolute Gasteiger partial charge is 0.394 e. The van der Waals surface area contributed by atoms with Crippen molar-refractivity contribution in [1.29, 1.82) is 0 Å².